The minimum atomic E-state index is -0.0747. The maximum Gasteiger partial charge on any atom is 0.238 e. The van der Waals surface area contributed by atoms with Crippen molar-refractivity contribution in [2.24, 2.45) is 0 Å². The van der Waals surface area contributed by atoms with Crippen molar-refractivity contribution < 1.29 is 9.53 Å². The molecule has 0 unspecified atom stereocenters. The van der Waals surface area contributed by atoms with Gasteiger partial charge in [-0.2, -0.15) is 0 Å². The van der Waals surface area contributed by atoms with Crippen molar-refractivity contribution in [1.82, 2.24) is 5.32 Å². The van der Waals surface area contributed by atoms with Crippen molar-refractivity contribution in [2.75, 3.05) is 18.4 Å². The molecular weight excluding hydrogens is 228 g/mol. The number of carbonyl (C=O) groups is 1. The molecule has 1 rings (SSSR count). The first-order valence-electron chi connectivity index (χ1n) is 6.00. The van der Waals surface area contributed by atoms with E-state index in [-0.39, 0.29) is 18.6 Å². The van der Waals surface area contributed by atoms with E-state index in [1.54, 1.807) is 6.08 Å². The highest BCUT2D eigenvalue weighted by molar-refractivity contribution is 5.92. The van der Waals surface area contributed by atoms with Gasteiger partial charge in [0.15, 0.2) is 0 Å². The maximum atomic E-state index is 11.5. The number of carbonyl (C=O) groups excluding carboxylic acids is 1. The predicted molar refractivity (Wildman–Crippen MR) is 73.9 cm³/mol. The van der Waals surface area contributed by atoms with Crippen LogP contribution in [-0.4, -0.2) is 25.1 Å². The molecule has 0 radical (unpaired) electrons. The van der Waals surface area contributed by atoms with Gasteiger partial charge in [0.05, 0.1) is 12.6 Å². The third kappa shape index (κ3) is 5.50. The minimum Gasteiger partial charge on any atom is -0.491 e. The van der Waals surface area contributed by atoms with Crippen molar-refractivity contribution in [2.45, 2.75) is 20.0 Å². The molecule has 4 heteroatoms. The average molecular weight is 248 g/mol. The molecule has 0 aliphatic rings. The molecule has 1 amide bonds. The van der Waals surface area contributed by atoms with Crippen LogP contribution in [0.2, 0.25) is 0 Å². The van der Waals surface area contributed by atoms with Crippen molar-refractivity contribution >= 4 is 11.6 Å². The van der Waals surface area contributed by atoms with E-state index < -0.39 is 0 Å². The third-order valence-electron chi connectivity index (χ3n) is 2.08. The van der Waals surface area contributed by atoms with Gasteiger partial charge in [-0.15, -0.1) is 6.58 Å². The number of nitrogens with one attached hydrogen (secondary N) is 2. The Morgan fingerprint density at radius 3 is 2.61 bits per heavy atom. The van der Waals surface area contributed by atoms with Crippen molar-refractivity contribution in [3.05, 3.63) is 36.9 Å². The standard InChI is InChI=1S/C14H20N2O2/c1-4-9-15-10-14(17)16-12-5-7-13(8-6-12)18-11(2)3/h4-8,11,15H,1,9-10H2,2-3H3,(H,16,17). The van der Waals surface area contributed by atoms with Gasteiger partial charge < -0.3 is 15.4 Å². The van der Waals surface area contributed by atoms with Crippen LogP contribution in [-0.2, 0) is 4.79 Å². The molecule has 0 saturated heterocycles. The highest BCUT2D eigenvalue weighted by atomic mass is 16.5. The van der Waals surface area contributed by atoms with E-state index >= 15 is 0 Å². The molecule has 1 aromatic rings. The van der Waals surface area contributed by atoms with Crippen LogP contribution in [0.5, 0.6) is 5.75 Å². The van der Waals surface area contributed by atoms with Crippen LogP contribution in [0.1, 0.15) is 13.8 Å². The predicted octanol–water partition coefficient (Wildman–Crippen LogP) is 2.19. The summed E-state index contributed by atoms with van der Waals surface area (Å²) in [6, 6.07) is 7.33. The summed E-state index contributed by atoms with van der Waals surface area (Å²) in [6.45, 7) is 8.41. The molecule has 18 heavy (non-hydrogen) atoms. The molecule has 0 aliphatic heterocycles. The van der Waals surface area contributed by atoms with Gasteiger partial charge in [0, 0.05) is 12.2 Å². The van der Waals surface area contributed by atoms with Gasteiger partial charge in [0.1, 0.15) is 5.75 Å². The van der Waals surface area contributed by atoms with E-state index in [9.17, 15) is 4.79 Å². The molecule has 0 heterocycles. The van der Waals surface area contributed by atoms with Crippen LogP contribution in [0.15, 0.2) is 36.9 Å². The van der Waals surface area contributed by atoms with Crippen molar-refractivity contribution in [1.29, 1.82) is 0 Å². The van der Waals surface area contributed by atoms with Gasteiger partial charge in [-0.25, -0.2) is 0 Å². The second kappa shape index (κ2) is 7.50. The molecule has 4 nitrogen and oxygen atoms in total. The van der Waals surface area contributed by atoms with Crippen LogP contribution in [0.3, 0.4) is 0 Å². The fourth-order valence-electron chi connectivity index (χ4n) is 1.38. The number of benzene rings is 1. The number of anilines is 1. The summed E-state index contributed by atoms with van der Waals surface area (Å²) >= 11 is 0. The highest BCUT2D eigenvalue weighted by Crippen LogP contribution is 2.16. The van der Waals surface area contributed by atoms with Crippen LogP contribution in [0, 0.1) is 0 Å². The Hall–Kier alpha value is -1.81. The van der Waals surface area contributed by atoms with E-state index in [0.29, 0.717) is 6.54 Å². The first-order chi connectivity index (χ1) is 8.61. The number of rotatable bonds is 7. The van der Waals surface area contributed by atoms with Crippen LogP contribution in [0.4, 0.5) is 5.69 Å². The lowest BCUT2D eigenvalue weighted by atomic mass is 10.3. The highest BCUT2D eigenvalue weighted by Gasteiger charge is 2.02. The zero-order valence-corrected chi connectivity index (χ0v) is 10.9. The summed E-state index contributed by atoms with van der Waals surface area (Å²) in [7, 11) is 0. The fourth-order valence-corrected chi connectivity index (χ4v) is 1.38. The monoisotopic (exact) mass is 248 g/mol. The Balaban J connectivity index is 2.42. The molecule has 98 valence electrons. The Labute approximate surface area is 108 Å². The van der Waals surface area contributed by atoms with Crippen LogP contribution >= 0.6 is 0 Å². The van der Waals surface area contributed by atoms with Crippen molar-refractivity contribution in [3.63, 3.8) is 0 Å². The minimum absolute atomic E-state index is 0.0747. The first kappa shape index (κ1) is 14.3. The van der Waals surface area contributed by atoms with E-state index in [4.69, 9.17) is 4.74 Å². The molecule has 0 aromatic heterocycles. The smallest absolute Gasteiger partial charge is 0.238 e. The zero-order valence-electron chi connectivity index (χ0n) is 10.9. The largest absolute Gasteiger partial charge is 0.491 e. The molecule has 0 aliphatic carbocycles. The van der Waals surface area contributed by atoms with Crippen LogP contribution in [0.25, 0.3) is 0 Å². The first-order valence-corrected chi connectivity index (χ1v) is 6.00. The molecule has 0 bridgehead atoms. The SMILES string of the molecule is C=CCNCC(=O)Nc1ccc(OC(C)C)cc1. The van der Waals surface area contributed by atoms with E-state index in [1.807, 2.05) is 38.1 Å². The lowest BCUT2D eigenvalue weighted by Gasteiger charge is -2.10. The van der Waals surface area contributed by atoms with E-state index in [1.165, 1.54) is 0 Å². The second-order valence-corrected chi connectivity index (χ2v) is 4.16. The molecule has 0 spiro atoms. The molecular formula is C14H20N2O2. The Morgan fingerprint density at radius 1 is 1.39 bits per heavy atom. The molecule has 2 N–H and O–H groups in total. The fraction of sp³-hybridized carbons (Fsp3) is 0.357. The quantitative estimate of drug-likeness (QED) is 0.574. The number of hydrogen-bond acceptors (Lipinski definition) is 3. The van der Waals surface area contributed by atoms with E-state index in [0.717, 1.165) is 11.4 Å². The molecule has 0 saturated carbocycles. The topological polar surface area (TPSA) is 50.4 Å². The van der Waals surface area contributed by atoms with Gasteiger partial charge in [-0.3, -0.25) is 4.79 Å². The summed E-state index contributed by atoms with van der Waals surface area (Å²) in [5.74, 6) is 0.724. The average Bonchev–Trinajstić information content (AvgIpc) is 2.31. The lowest BCUT2D eigenvalue weighted by molar-refractivity contribution is -0.115. The Bertz CT molecular complexity index is 385. The summed E-state index contributed by atoms with van der Waals surface area (Å²) in [5.41, 5.74) is 0.761. The molecule has 1 aromatic carbocycles. The molecule has 0 fully saturated rings. The van der Waals surface area contributed by atoms with Gasteiger partial charge in [0.2, 0.25) is 5.91 Å². The van der Waals surface area contributed by atoms with Crippen LogP contribution < -0.4 is 15.4 Å². The summed E-state index contributed by atoms with van der Waals surface area (Å²) < 4.78 is 5.52. The maximum absolute atomic E-state index is 11.5. The summed E-state index contributed by atoms with van der Waals surface area (Å²) in [6.07, 6.45) is 1.86. The lowest BCUT2D eigenvalue weighted by Crippen LogP contribution is -2.28. The number of hydrogen-bond donors (Lipinski definition) is 2. The Morgan fingerprint density at radius 2 is 2.06 bits per heavy atom. The van der Waals surface area contributed by atoms with Gasteiger partial charge in [0.25, 0.3) is 0 Å². The van der Waals surface area contributed by atoms with Gasteiger partial charge >= 0.3 is 0 Å². The van der Waals surface area contributed by atoms with E-state index in [2.05, 4.69) is 17.2 Å². The Kier molecular flexibility index (Phi) is 5.94. The second-order valence-electron chi connectivity index (χ2n) is 4.16. The van der Waals surface area contributed by atoms with Gasteiger partial charge in [-0.1, -0.05) is 6.08 Å². The summed E-state index contributed by atoms with van der Waals surface area (Å²) in [5, 5.41) is 5.73. The number of ether oxygens (including phenoxy) is 1. The zero-order chi connectivity index (χ0) is 13.4. The summed E-state index contributed by atoms with van der Waals surface area (Å²) in [4.78, 5) is 11.5. The van der Waals surface area contributed by atoms with Gasteiger partial charge in [-0.05, 0) is 38.1 Å². The third-order valence-corrected chi connectivity index (χ3v) is 2.08. The molecule has 0 atom stereocenters. The number of amides is 1. The normalized spacial score (nSPS) is 10.2. The van der Waals surface area contributed by atoms with Crippen molar-refractivity contribution in [3.8, 4) is 5.75 Å².